The second-order valence-corrected chi connectivity index (χ2v) is 3.23. The molecule has 0 saturated heterocycles. The van der Waals surface area contributed by atoms with E-state index in [2.05, 4.69) is 5.10 Å². The average molecular weight is 221 g/mol. The molecular formula is C9H14F3N3. The summed E-state index contributed by atoms with van der Waals surface area (Å²) in [6.07, 6.45) is -3.19. The van der Waals surface area contributed by atoms with Crippen LogP contribution in [0.3, 0.4) is 0 Å². The Morgan fingerprint density at radius 3 is 2.53 bits per heavy atom. The van der Waals surface area contributed by atoms with E-state index in [4.69, 9.17) is 5.73 Å². The van der Waals surface area contributed by atoms with Crippen molar-refractivity contribution in [3.05, 3.63) is 17.5 Å². The molecule has 3 nitrogen and oxygen atoms in total. The van der Waals surface area contributed by atoms with Gasteiger partial charge in [-0.25, -0.2) is 0 Å². The Balaban J connectivity index is 2.90. The first-order chi connectivity index (χ1) is 6.99. The SMILES string of the molecule is CCn1nc(CCCN)cc1C(F)(F)F. The molecule has 0 radical (unpaired) electrons. The summed E-state index contributed by atoms with van der Waals surface area (Å²) in [5.41, 5.74) is 5.05. The maximum Gasteiger partial charge on any atom is 0.433 e. The van der Waals surface area contributed by atoms with Crippen LogP contribution in [0.15, 0.2) is 6.07 Å². The molecule has 0 amide bonds. The van der Waals surface area contributed by atoms with Crippen molar-refractivity contribution in [3.8, 4) is 0 Å². The largest absolute Gasteiger partial charge is 0.433 e. The lowest BCUT2D eigenvalue weighted by molar-refractivity contribution is -0.144. The molecule has 0 unspecified atom stereocenters. The Hall–Kier alpha value is -1.04. The Labute approximate surface area is 86.1 Å². The van der Waals surface area contributed by atoms with Crippen molar-refractivity contribution in [2.75, 3.05) is 6.54 Å². The molecule has 6 heteroatoms. The summed E-state index contributed by atoms with van der Waals surface area (Å²) in [7, 11) is 0. The molecule has 0 aliphatic rings. The monoisotopic (exact) mass is 221 g/mol. The Morgan fingerprint density at radius 2 is 2.13 bits per heavy atom. The number of hydrogen-bond acceptors (Lipinski definition) is 2. The number of aryl methyl sites for hydroxylation is 2. The van der Waals surface area contributed by atoms with Crippen molar-refractivity contribution in [3.63, 3.8) is 0 Å². The van der Waals surface area contributed by atoms with E-state index < -0.39 is 11.9 Å². The molecule has 0 aliphatic heterocycles. The van der Waals surface area contributed by atoms with Crippen LogP contribution < -0.4 is 5.73 Å². The minimum atomic E-state index is -4.33. The molecule has 0 bridgehead atoms. The number of hydrogen-bond donors (Lipinski definition) is 1. The Kier molecular flexibility index (Phi) is 3.73. The van der Waals surface area contributed by atoms with Crippen LogP contribution in [0.2, 0.25) is 0 Å². The van der Waals surface area contributed by atoms with E-state index in [1.54, 1.807) is 6.92 Å². The van der Waals surface area contributed by atoms with Crippen LogP contribution in [0.4, 0.5) is 13.2 Å². The second kappa shape index (κ2) is 4.65. The summed E-state index contributed by atoms with van der Waals surface area (Å²) >= 11 is 0. The number of alkyl halides is 3. The molecule has 15 heavy (non-hydrogen) atoms. The van der Waals surface area contributed by atoms with Gasteiger partial charge in [-0.15, -0.1) is 0 Å². The molecule has 0 aromatic carbocycles. The summed E-state index contributed by atoms with van der Waals surface area (Å²) in [6, 6.07) is 1.10. The third-order valence-electron chi connectivity index (χ3n) is 2.06. The topological polar surface area (TPSA) is 43.8 Å². The van der Waals surface area contributed by atoms with Gasteiger partial charge in [0.1, 0.15) is 5.69 Å². The number of nitrogens with two attached hydrogens (primary N) is 1. The third kappa shape index (κ3) is 2.95. The highest BCUT2D eigenvalue weighted by molar-refractivity contribution is 5.13. The maximum atomic E-state index is 12.5. The van der Waals surface area contributed by atoms with Crippen LogP contribution in [-0.4, -0.2) is 16.3 Å². The quantitative estimate of drug-likeness (QED) is 0.842. The smallest absolute Gasteiger partial charge is 0.330 e. The van der Waals surface area contributed by atoms with Gasteiger partial charge in [-0.05, 0) is 32.4 Å². The predicted molar refractivity (Wildman–Crippen MR) is 50.3 cm³/mol. The first-order valence-corrected chi connectivity index (χ1v) is 4.83. The van der Waals surface area contributed by atoms with Gasteiger partial charge in [-0.2, -0.15) is 18.3 Å². The number of halogens is 3. The molecule has 0 saturated carbocycles. The number of rotatable bonds is 4. The fourth-order valence-electron chi connectivity index (χ4n) is 1.34. The van der Waals surface area contributed by atoms with Crippen molar-refractivity contribution in [2.45, 2.75) is 32.5 Å². The zero-order valence-corrected chi connectivity index (χ0v) is 8.51. The highest BCUT2D eigenvalue weighted by atomic mass is 19.4. The first kappa shape index (κ1) is 12.0. The van der Waals surface area contributed by atoms with Gasteiger partial charge in [0.15, 0.2) is 0 Å². The summed E-state index contributed by atoms with van der Waals surface area (Å²) in [4.78, 5) is 0. The van der Waals surface area contributed by atoms with E-state index in [-0.39, 0.29) is 6.54 Å². The maximum absolute atomic E-state index is 12.5. The van der Waals surface area contributed by atoms with E-state index in [0.717, 1.165) is 10.7 Å². The molecule has 0 spiro atoms. The molecule has 2 N–H and O–H groups in total. The van der Waals surface area contributed by atoms with Crippen LogP contribution in [0.25, 0.3) is 0 Å². The van der Waals surface area contributed by atoms with Crippen LogP contribution in [-0.2, 0) is 19.1 Å². The first-order valence-electron chi connectivity index (χ1n) is 4.83. The molecular weight excluding hydrogens is 207 g/mol. The summed E-state index contributed by atoms with van der Waals surface area (Å²) in [5, 5.41) is 3.87. The molecule has 1 aromatic heterocycles. The standard InChI is InChI=1S/C9H14F3N3/c1-2-15-8(9(10,11)12)6-7(14-15)4-3-5-13/h6H,2-5,13H2,1H3. The van der Waals surface area contributed by atoms with E-state index in [1.807, 2.05) is 0 Å². The van der Waals surface area contributed by atoms with Crippen LogP contribution in [0.1, 0.15) is 24.7 Å². The van der Waals surface area contributed by atoms with Gasteiger partial charge >= 0.3 is 6.18 Å². The Bertz CT molecular complexity index is 317. The van der Waals surface area contributed by atoms with Crippen LogP contribution in [0, 0.1) is 0 Å². The van der Waals surface area contributed by atoms with E-state index >= 15 is 0 Å². The minimum Gasteiger partial charge on any atom is -0.330 e. The third-order valence-corrected chi connectivity index (χ3v) is 2.06. The van der Waals surface area contributed by atoms with Crippen molar-refractivity contribution in [1.82, 2.24) is 9.78 Å². The highest BCUT2D eigenvalue weighted by Crippen LogP contribution is 2.29. The fourth-order valence-corrected chi connectivity index (χ4v) is 1.34. The van der Waals surface area contributed by atoms with Gasteiger partial charge in [0.25, 0.3) is 0 Å². The summed E-state index contributed by atoms with van der Waals surface area (Å²) in [6.45, 7) is 2.31. The van der Waals surface area contributed by atoms with Gasteiger partial charge in [0.2, 0.25) is 0 Å². The number of nitrogens with zero attached hydrogens (tertiary/aromatic N) is 2. The van der Waals surface area contributed by atoms with Gasteiger partial charge in [0.05, 0.1) is 5.69 Å². The lowest BCUT2D eigenvalue weighted by Gasteiger charge is -2.07. The van der Waals surface area contributed by atoms with Crippen LogP contribution in [0.5, 0.6) is 0 Å². The van der Waals surface area contributed by atoms with Gasteiger partial charge in [-0.1, -0.05) is 0 Å². The fraction of sp³-hybridized carbons (Fsp3) is 0.667. The summed E-state index contributed by atoms with van der Waals surface area (Å²) < 4.78 is 38.4. The van der Waals surface area contributed by atoms with E-state index in [9.17, 15) is 13.2 Å². The van der Waals surface area contributed by atoms with Gasteiger partial charge < -0.3 is 5.73 Å². The molecule has 0 fully saturated rings. The molecule has 1 heterocycles. The number of aromatic nitrogens is 2. The van der Waals surface area contributed by atoms with Gasteiger partial charge in [-0.3, -0.25) is 4.68 Å². The molecule has 1 aromatic rings. The lowest BCUT2D eigenvalue weighted by atomic mass is 10.2. The van der Waals surface area contributed by atoms with Gasteiger partial charge in [0, 0.05) is 6.54 Å². The van der Waals surface area contributed by atoms with Crippen molar-refractivity contribution < 1.29 is 13.2 Å². The van der Waals surface area contributed by atoms with Crippen molar-refractivity contribution in [1.29, 1.82) is 0 Å². The Morgan fingerprint density at radius 1 is 1.47 bits per heavy atom. The zero-order chi connectivity index (χ0) is 11.5. The molecule has 0 atom stereocenters. The van der Waals surface area contributed by atoms with Crippen molar-refractivity contribution >= 4 is 0 Å². The average Bonchev–Trinajstić information content (AvgIpc) is 2.57. The minimum absolute atomic E-state index is 0.220. The zero-order valence-electron chi connectivity index (χ0n) is 8.51. The normalized spacial score (nSPS) is 12.1. The molecule has 86 valence electrons. The molecule has 0 aliphatic carbocycles. The molecule has 1 rings (SSSR count). The lowest BCUT2D eigenvalue weighted by Crippen LogP contribution is -2.13. The van der Waals surface area contributed by atoms with E-state index in [0.29, 0.717) is 25.1 Å². The second-order valence-electron chi connectivity index (χ2n) is 3.23. The van der Waals surface area contributed by atoms with Crippen molar-refractivity contribution in [2.24, 2.45) is 5.73 Å². The van der Waals surface area contributed by atoms with E-state index in [1.165, 1.54) is 0 Å². The predicted octanol–water partition coefficient (Wildman–Crippen LogP) is 1.81. The van der Waals surface area contributed by atoms with Crippen LogP contribution >= 0.6 is 0 Å². The summed E-state index contributed by atoms with van der Waals surface area (Å²) in [5.74, 6) is 0. The highest BCUT2D eigenvalue weighted by Gasteiger charge is 2.35.